The first-order valence-corrected chi connectivity index (χ1v) is 6.01. The largest absolute Gasteiger partial charge is 0.353 e. The molecule has 0 spiro atoms. The molecule has 2 nitrogen and oxygen atoms in total. The van der Waals surface area contributed by atoms with Crippen LogP contribution in [0.2, 0.25) is 0 Å². The van der Waals surface area contributed by atoms with Crippen LogP contribution in [0.5, 0.6) is 0 Å². The SMILES string of the molecule is CC[C@@H](C)NC(=O)[C@H]1C[C@H]2CC[C@H]1C2. The first-order chi connectivity index (χ1) is 6.70. The summed E-state index contributed by atoms with van der Waals surface area (Å²) < 4.78 is 0. The Morgan fingerprint density at radius 1 is 1.43 bits per heavy atom. The van der Waals surface area contributed by atoms with E-state index in [1.54, 1.807) is 0 Å². The van der Waals surface area contributed by atoms with Crippen molar-refractivity contribution in [1.82, 2.24) is 5.32 Å². The molecule has 1 N–H and O–H groups in total. The lowest BCUT2D eigenvalue weighted by Crippen LogP contribution is -2.38. The maximum Gasteiger partial charge on any atom is 0.223 e. The third-order valence-electron chi connectivity index (χ3n) is 4.08. The highest BCUT2D eigenvalue weighted by molar-refractivity contribution is 5.79. The quantitative estimate of drug-likeness (QED) is 0.735. The molecule has 2 fully saturated rings. The van der Waals surface area contributed by atoms with Gasteiger partial charge in [0.05, 0.1) is 0 Å². The molecule has 0 aromatic rings. The maximum absolute atomic E-state index is 11.9. The van der Waals surface area contributed by atoms with Gasteiger partial charge in [0.1, 0.15) is 0 Å². The smallest absolute Gasteiger partial charge is 0.223 e. The van der Waals surface area contributed by atoms with Gasteiger partial charge in [0, 0.05) is 12.0 Å². The number of hydrogen-bond acceptors (Lipinski definition) is 1. The topological polar surface area (TPSA) is 29.1 Å². The van der Waals surface area contributed by atoms with Crippen LogP contribution in [0.3, 0.4) is 0 Å². The standard InChI is InChI=1S/C12H21NO/c1-3-8(2)13-12(14)11-7-9-4-5-10(11)6-9/h8-11H,3-7H2,1-2H3,(H,13,14)/t8-,9+,10+,11+/m1/s1. The summed E-state index contributed by atoms with van der Waals surface area (Å²) in [6, 6.07) is 0.349. The second-order valence-electron chi connectivity index (χ2n) is 5.10. The molecule has 0 heterocycles. The fourth-order valence-electron chi connectivity index (χ4n) is 3.02. The Balaban J connectivity index is 1.87. The van der Waals surface area contributed by atoms with Crippen molar-refractivity contribution in [2.75, 3.05) is 0 Å². The number of nitrogens with one attached hydrogen (secondary N) is 1. The summed E-state index contributed by atoms with van der Waals surface area (Å²) in [6.07, 6.45) is 6.18. The monoisotopic (exact) mass is 195 g/mol. The average molecular weight is 195 g/mol. The number of rotatable bonds is 3. The van der Waals surface area contributed by atoms with Crippen LogP contribution in [-0.2, 0) is 4.79 Å². The van der Waals surface area contributed by atoms with Crippen molar-refractivity contribution < 1.29 is 4.79 Å². The van der Waals surface area contributed by atoms with Crippen molar-refractivity contribution in [3.63, 3.8) is 0 Å². The summed E-state index contributed by atoms with van der Waals surface area (Å²) in [7, 11) is 0. The Hall–Kier alpha value is -0.530. The number of amides is 1. The lowest BCUT2D eigenvalue weighted by Gasteiger charge is -2.22. The molecule has 0 saturated heterocycles. The molecule has 2 aliphatic carbocycles. The van der Waals surface area contributed by atoms with Gasteiger partial charge >= 0.3 is 0 Å². The van der Waals surface area contributed by atoms with Crippen molar-refractivity contribution in [2.45, 2.75) is 52.0 Å². The molecule has 14 heavy (non-hydrogen) atoms. The second kappa shape index (κ2) is 3.92. The Bertz CT molecular complexity index is 226. The van der Waals surface area contributed by atoms with Gasteiger partial charge in [-0.3, -0.25) is 4.79 Å². The number of fused-ring (bicyclic) bond motifs is 2. The van der Waals surface area contributed by atoms with Crippen LogP contribution in [0.4, 0.5) is 0 Å². The van der Waals surface area contributed by atoms with E-state index in [1.807, 2.05) is 0 Å². The fraction of sp³-hybridized carbons (Fsp3) is 0.917. The molecule has 80 valence electrons. The molecule has 2 rings (SSSR count). The predicted molar refractivity (Wildman–Crippen MR) is 56.8 cm³/mol. The lowest BCUT2D eigenvalue weighted by molar-refractivity contribution is -0.127. The summed E-state index contributed by atoms with van der Waals surface area (Å²) in [5.74, 6) is 2.26. The van der Waals surface area contributed by atoms with E-state index >= 15 is 0 Å². The summed E-state index contributed by atoms with van der Waals surface area (Å²) in [5.41, 5.74) is 0. The number of carbonyl (C=O) groups excluding carboxylic acids is 1. The number of hydrogen-bond donors (Lipinski definition) is 1. The Morgan fingerprint density at radius 3 is 2.71 bits per heavy atom. The van der Waals surface area contributed by atoms with Crippen molar-refractivity contribution in [3.8, 4) is 0 Å². The highest BCUT2D eigenvalue weighted by Crippen LogP contribution is 2.48. The van der Waals surface area contributed by atoms with E-state index in [0.29, 0.717) is 23.8 Å². The Kier molecular flexibility index (Phi) is 2.80. The van der Waals surface area contributed by atoms with Gasteiger partial charge < -0.3 is 5.32 Å². The van der Waals surface area contributed by atoms with Crippen molar-refractivity contribution >= 4 is 5.91 Å². The highest BCUT2D eigenvalue weighted by Gasteiger charge is 2.43. The summed E-state index contributed by atoms with van der Waals surface area (Å²) in [5, 5.41) is 3.12. The fourth-order valence-corrected chi connectivity index (χ4v) is 3.02. The van der Waals surface area contributed by atoms with E-state index in [2.05, 4.69) is 19.2 Å². The molecule has 0 aromatic heterocycles. The van der Waals surface area contributed by atoms with Crippen LogP contribution < -0.4 is 5.32 Å². The van der Waals surface area contributed by atoms with Crippen LogP contribution in [0.1, 0.15) is 46.0 Å². The molecule has 0 aromatic carbocycles. The van der Waals surface area contributed by atoms with E-state index in [4.69, 9.17) is 0 Å². The molecule has 2 bridgehead atoms. The van der Waals surface area contributed by atoms with Gasteiger partial charge in [-0.1, -0.05) is 13.3 Å². The van der Waals surface area contributed by atoms with Gasteiger partial charge in [0.15, 0.2) is 0 Å². The van der Waals surface area contributed by atoms with Crippen molar-refractivity contribution in [2.24, 2.45) is 17.8 Å². The van der Waals surface area contributed by atoms with Gasteiger partial charge in [0.2, 0.25) is 5.91 Å². The van der Waals surface area contributed by atoms with E-state index in [9.17, 15) is 4.79 Å². The van der Waals surface area contributed by atoms with Crippen LogP contribution in [0, 0.1) is 17.8 Å². The molecule has 4 atom stereocenters. The molecular formula is C12H21NO. The van der Waals surface area contributed by atoms with Gasteiger partial charge in [-0.15, -0.1) is 0 Å². The molecule has 2 heteroatoms. The average Bonchev–Trinajstić information content (AvgIpc) is 2.78. The molecule has 0 unspecified atom stereocenters. The zero-order chi connectivity index (χ0) is 10.1. The molecule has 0 aliphatic heterocycles. The van der Waals surface area contributed by atoms with Crippen LogP contribution in [0.25, 0.3) is 0 Å². The lowest BCUT2D eigenvalue weighted by atomic mass is 9.88. The third kappa shape index (κ3) is 1.79. The van der Waals surface area contributed by atoms with Gasteiger partial charge in [-0.05, 0) is 44.4 Å². The molecular weight excluding hydrogens is 174 g/mol. The Morgan fingerprint density at radius 2 is 2.21 bits per heavy atom. The minimum Gasteiger partial charge on any atom is -0.353 e. The molecule has 0 radical (unpaired) electrons. The van der Waals surface area contributed by atoms with Gasteiger partial charge in [-0.25, -0.2) is 0 Å². The second-order valence-corrected chi connectivity index (χ2v) is 5.10. The third-order valence-corrected chi connectivity index (χ3v) is 4.08. The summed E-state index contributed by atoms with van der Waals surface area (Å²) in [4.78, 5) is 11.9. The molecule has 2 aliphatic rings. The minimum absolute atomic E-state index is 0.326. The molecule has 1 amide bonds. The maximum atomic E-state index is 11.9. The normalized spacial score (nSPS) is 37.1. The van der Waals surface area contributed by atoms with Crippen LogP contribution >= 0.6 is 0 Å². The summed E-state index contributed by atoms with van der Waals surface area (Å²) >= 11 is 0. The predicted octanol–water partition coefficient (Wildman–Crippen LogP) is 2.34. The summed E-state index contributed by atoms with van der Waals surface area (Å²) in [6.45, 7) is 4.21. The zero-order valence-electron chi connectivity index (χ0n) is 9.25. The Labute approximate surface area is 86.5 Å². The number of carbonyl (C=O) groups is 1. The minimum atomic E-state index is 0.326. The van der Waals surface area contributed by atoms with E-state index < -0.39 is 0 Å². The molecule has 2 saturated carbocycles. The van der Waals surface area contributed by atoms with Crippen molar-refractivity contribution in [3.05, 3.63) is 0 Å². The van der Waals surface area contributed by atoms with Crippen LogP contribution in [-0.4, -0.2) is 11.9 Å². The van der Waals surface area contributed by atoms with E-state index in [1.165, 1.54) is 19.3 Å². The van der Waals surface area contributed by atoms with Crippen molar-refractivity contribution in [1.29, 1.82) is 0 Å². The van der Waals surface area contributed by atoms with Gasteiger partial charge in [0.25, 0.3) is 0 Å². The van der Waals surface area contributed by atoms with Crippen LogP contribution in [0.15, 0.2) is 0 Å². The first kappa shape index (κ1) is 10.0. The van der Waals surface area contributed by atoms with Gasteiger partial charge in [-0.2, -0.15) is 0 Å². The van der Waals surface area contributed by atoms with E-state index in [0.717, 1.165) is 18.8 Å². The zero-order valence-corrected chi connectivity index (χ0v) is 9.25. The van der Waals surface area contributed by atoms with E-state index in [-0.39, 0.29) is 0 Å². The first-order valence-electron chi connectivity index (χ1n) is 6.01. The highest BCUT2D eigenvalue weighted by atomic mass is 16.2.